The number of benzene rings is 2. The van der Waals surface area contributed by atoms with Gasteiger partial charge in [0.25, 0.3) is 5.91 Å². The Bertz CT molecular complexity index is 1260. The highest BCUT2D eigenvalue weighted by Gasteiger charge is 2.20. The molecule has 9 heteroatoms. The molecule has 2 aromatic carbocycles. The molecule has 0 aliphatic carbocycles. The van der Waals surface area contributed by atoms with Gasteiger partial charge in [-0.3, -0.25) is 4.79 Å². The third kappa shape index (κ3) is 5.06. The van der Waals surface area contributed by atoms with Crippen molar-refractivity contribution < 1.29 is 9.18 Å². The summed E-state index contributed by atoms with van der Waals surface area (Å²) >= 11 is 5.82. The minimum absolute atomic E-state index is 0.117. The lowest BCUT2D eigenvalue weighted by Crippen LogP contribution is -2.34. The first-order chi connectivity index (χ1) is 16.0. The maximum Gasteiger partial charge on any atom is 0.256 e. The van der Waals surface area contributed by atoms with E-state index in [2.05, 4.69) is 20.2 Å². The fraction of sp³-hybridized carbons (Fsp3) is 0.208. The summed E-state index contributed by atoms with van der Waals surface area (Å²) in [5.41, 5.74) is 3.07. The lowest BCUT2D eigenvalue weighted by molar-refractivity contribution is 0.0765. The summed E-state index contributed by atoms with van der Waals surface area (Å²) in [6.07, 6.45) is 6.76. The molecule has 0 saturated carbocycles. The van der Waals surface area contributed by atoms with E-state index in [4.69, 9.17) is 11.6 Å². The number of aryl methyl sites for hydroxylation is 1. The van der Waals surface area contributed by atoms with Crippen LogP contribution in [0.4, 0.5) is 4.39 Å². The van der Waals surface area contributed by atoms with E-state index in [1.54, 1.807) is 41.8 Å². The Kier molecular flexibility index (Phi) is 6.74. The average Bonchev–Trinajstić information content (AvgIpc) is 3.34. The first kappa shape index (κ1) is 22.5. The van der Waals surface area contributed by atoms with Crippen molar-refractivity contribution in [3.8, 4) is 16.8 Å². The molecule has 0 fully saturated rings. The molecule has 0 bridgehead atoms. The maximum atomic E-state index is 14.2. The van der Waals surface area contributed by atoms with Gasteiger partial charge in [-0.1, -0.05) is 23.2 Å². The number of likely N-dealkylation sites (N-methyl/N-ethyl adjacent to an activating group) is 1. The zero-order valence-corrected chi connectivity index (χ0v) is 19.0. The first-order valence-electron chi connectivity index (χ1n) is 10.5. The number of hydrogen-bond donors (Lipinski definition) is 0. The van der Waals surface area contributed by atoms with Crippen LogP contribution in [-0.2, 0) is 6.42 Å². The molecular weight excluding hydrogens is 443 g/mol. The average molecular weight is 465 g/mol. The highest BCUT2D eigenvalue weighted by molar-refractivity contribution is 6.30. The molecule has 7 nitrogen and oxygen atoms in total. The highest BCUT2D eigenvalue weighted by Crippen LogP contribution is 2.24. The van der Waals surface area contributed by atoms with Crippen molar-refractivity contribution in [1.82, 2.24) is 29.9 Å². The topological polar surface area (TPSA) is 76.8 Å². The molecule has 0 radical (unpaired) electrons. The standard InChI is InChI=1S/C24H22ClFN6O/c1-3-31(24(33)20-12-16(2)4-7-22(20)32-29-9-10-30-32)11-8-23-27-14-17(15-28-23)19-6-5-18(25)13-21(19)26/h4-7,9-10,12-15H,3,8,11H2,1-2H3. The molecule has 0 saturated heterocycles. The quantitative estimate of drug-likeness (QED) is 0.401. The van der Waals surface area contributed by atoms with Crippen LogP contribution >= 0.6 is 11.6 Å². The van der Waals surface area contributed by atoms with Crippen molar-refractivity contribution >= 4 is 17.5 Å². The monoisotopic (exact) mass is 464 g/mol. The van der Waals surface area contributed by atoms with Crippen LogP contribution in [-0.4, -0.2) is 48.9 Å². The van der Waals surface area contributed by atoms with Crippen molar-refractivity contribution in [1.29, 1.82) is 0 Å². The van der Waals surface area contributed by atoms with Gasteiger partial charge < -0.3 is 4.90 Å². The second kappa shape index (κ2) is 9.87. The molecule has 4 rings (SSSR count). The summed E-state index contributed by atoms with van der Waals surface area (Å²) in [5.74, 6) is 0.0215. The molecule has 0 aliphatic rings. The first-order valence-corrected chi connectivity index (χ1v) is 10.9. The molecule has 0 atom stereocenters. The number of rotatable bonds is 7. The van der Waals surface area contributed by atoms with Gasteiger partial charge in [-0.25, -0.2) is 14.4 Å². The molecular formula is C24H22ClFN6O. The van der Waals surface area contributed by atoms with Crippen molar-refractivity contribution in [3.63, 3.8) is 0 Å². The SMILES string of the molecule is CCN(CCc1ncc(-c2ccc(Cl)cc2F)cn1)C(=O)c1cc(C)ccc1-n1nccn1. The Morgan fingerprint density at radius 2 is 1.82 bits per heavy atom. The minimum atomic E-state index is -0.428. The Balaban J connectivity index is 1.49. The van der Waals surface area contributed by atoms with E-state index in [9.17, 15) is 9.18 Å². The van der Waals surface area contributed by atoms with Crippen LogP contribution in [0.25, 0.3) is 16.8 Å². The van der Waals surface area contributed by atoms with Crippen molar-refractivity contribution in [2.75, 3.05) is 13.1 Å². The summed E-state index contributed by atoms with van der Waals surface area (Å²) in [7, 11) is 0. The molecule has 0 N–H and O–H groups in total. The fourth-order valence-corrected chi connectivity index (χ4v) is 3.65. The summed E-state index contributed by atoms with van der Waals surface area (Å²) in [4.78, 5) is 25.2. The van der Waals surface area contributed by atoms with Crippen LogP contribution in [0.1, 0.15) is 28.7 Å². The van der Waals surface area contributed by atoms with Crippen molar-refractivity contribution in [3.05, 3.63) is 89.0 Å². The zero-order chi connectivity index (χ0) is 23.4. The van der Waals surface area contributed by atoms with Gasteiger partial charge in [0, 0.05) is 48.1 Å². The smallest absolute Gasteiger partial charge is 0.256 e. The van der Waals surface area contributed by atoms with Gasteiger partial charge in [0.1, 0.15) is 11.6 Å². The van der Waals surface area contributed by atoms with E-state index in [0.717, 1.165) is 5.56 Å². The molecule has 2 heterocycles. The van der Waals surface area contributed by atoms with Crippen molar-refractivity contribution in [2.45, 2.75) is 20.3 Å². The Morgan fingerprint density at radius 3 is 2.48 bits per heavy atom. The third-order valence-corrected chi connectivity index (χ3v) is 5.47. The van der Waals surface area contributed by atoms with Crippen LogP contribution in [0, 0.1) is 12.7 Å². The van der Waals surface area contributed by atoms with Crippen LogP contribution in [0.5, 0.6) is 0 Å². The number of hydrogen-bond acceptors (Lipinski definition) is 5. The second-order valence-corrected chi connectivity index (χ2v) is 7.92. The lowest BCUT2D eigenvalue weighted by atomic mass is 10.1. The summed E-state index contributed by atoms with van der Waals surface area (Å²) in [6.45, 7) is 4.82. The largest absolute Gasteiger partial charge is 0.338 e. The van der Waals surface area contributed by atoms with Crippen LogP contribution in [0.15, 0.2) is 61.2 Å². The van der Waals surface area contributed by atoms with Crippen LogP contribution in [0.3, 0.4) is 0 Å². The van der Waals surface area contributed by atoms with Gasteiger partial charge in [0.05, 0.1) is 23.6 Å². The number of halogens is 2. The van der Waals surface area contributed by atoms with E-state index in [0.29, 0.717) is 52.7 Å². The van der Waals surface area contributed by atoms with Crippen LogP contribution < -0.4 is 0 Å². The van der Waals surface area contributed by atoms with E-state index in [-0.39, 0.29) is 5.91 Å². The Labute approximate surface area is 195 Å². The fourth-order valence-electron chi connectivity index (χ4n) is 3.49. The number of carbonyl (C=O) groups is 1. The number of carbonyl (C=O) groups excluding carboxylic acids is 1. The molecule has 0 unspecified atom stereocenters. The minimum Gasteiger partial charge on any atom is -0.338 e. The third-order valence-electron chi connectivity index (χ3n) is 5.24. The normalized spacial score (nSPS) is 10.9. The molecule has 4 aromatic rings. The summed E-state index contributed by atoms with van der Waals surface area (Å²) in [6, 6.07) is 10.1. The molecule has 33 heavy (non-hydrogen) atoms. The molecule has 0 aliphatic heterocycles. The van der Waals surface area contributed by atoms with Gasteiger partial charge in [-0.2, -0.15) is 15.0 Å². The maximum absolute atomic E-state index is 14.2. The molecule has 0 spiro atoms. The predicted octanol–water partition coefficient (Wildman–Crippen LogP) is 4.53. The van der Waals surface area contributed by atoms with Crippen LogP contribution in [0.2, 0.25) is 5.02 Å². The zero-order valence-electron chi connectivity index (χ0n) is 18.2. The van der Waals surface area contributed by atoms with Crippen molar-refractivity contribution in [2.24, 2.45) is 0 Å². The van der Waals surface area contributed by atoms with E-state index in [1.807, 2.05) is 32.0 Å². The number of nitrogens with zero attached hydrogens (tertiary/aromatic N) is 6. The van der Waals surface area contributed by atoms with Gasteiger partial charge in [0.2, 0.25) is 0 Å². The Morgan fingerprint density at radius 1 is 1.09 bits per heavy atom. The van der Waals surface area contributed by atoms with Gasteiger partial charge >= 0.3 is 0 Å². The van der Waals surface area contributed by atoms with E-state index in [1.165, 1.54) is 10.9 Å². The van der Waals surface area contributed by atoms with Gasteiger partial charge in [-0.15, -0.1) is 0 Å². The summed E-state index contributed by atoms with van der Waals surface area (Å²) in [5, 5.41) is 8.66. The lowest BCUT2D eigenvalue weighted by Gasteiger charge is -2.22. The van der Waals surface area contributed by atoms with E-state index >= 15 is 0 Å². The highest BCUT2D eigenvalue weighted by atomic mass is 35.5. The van der Waals surface area contributed by atoms with Gasteiger partial charge in [-0.05, 0) is 44.2 Å². The van der Waals surface area contributed by atoms with E-state index < -0.39 is 5.82 Å². The summed E-state index contributed by atoms with van der Waals surface area (Å²) < 4.78 is 14.2. The Hall–Kier alpha value is -3.65. The van der Waals surface area contributed by atoms with Gasteiger partial charge in [0.15, 0.2) is 0 Å². The molecule has 2 aromatic heterocycles. The second-order valence-electron chi connectivity index (χ2n) is 7.49. The number of amides is 1. The number of aromatic nitrogens is 5. The predicted molar refractivity (Wildman–Crippen MR) is 124 cm³/mol. The molecule has 168 valence electrons. The molecule has 1 amide bonds.